The Bertz CT molecular complexity index is 1340. The summed E-state index contributed by atoms with van der Waals surface area (Å²) in [6.07, 6.45) is 22.5. The highest BCUT2D eigenvalue weighted by Gasteiger charge is 2.78. The maximum atomic E-state index is 13.2. The summed E-state index contributed by atoms with van der Waals surface area (Å²) < 4.78 is 10.00. The van der Waals surface area contributed by atoms with Crippen molar-refractivity contribution in [2.45, 2.75) is 118 Å². The Labute approximate surface area is 277 Å². The first-order valence-corrected chi connectivity index (χ1v) is 17.8. The lowest BCUT2D eigenvalue weighted by Crippen LogP contribution is -3.00. The fraction of sp³-hybridized carbons (Fsp3) is 0.744. The predicted molar refractivity (Wildman–Crippen MR) is 172 cm³/mol. The van der Waals surface area contributed by atoms with Crippen molar-refractivity contribution in [3.8, 4) is 5.75 Å². The number of ether oxygens (including phenoxy) is 1. The zero-order valence-electron chi connectivity index (χ0n) is 28.2. The number of hydrogen-bond donors (Lipinski definition) is 0. The smallest absolute Gasteiger partial charge is 0.244 e. The van der Waals surface area contributed by atoms with Crippen molar-refractivity contribution in [2.75, 3.05) is 7.11 Å². The van der Waals surface area contributed by atoms with Gasteiger partial charge in [0.15, 0.2) is 6.54 Å². The van der Waals surface area contributed by atoms with Gasteiger partial charge in [0.05, 0.1) is 7.11 Å². The van der Waals surface area contributed by atoms with Crippen LogP contribution >= 0.6 is 0 Å². The van der Waals surface area contributed by atoms with Crippen LogP contribution in [0.1, 0.15) is 122 Å². The van der Waals surface area contributed by atoms with Crippen molar-refractivity contribution >= 4 is 5.78 Å². The Morgan fingerprint density at radius 3 is 2.50 bits per heavy atom. The topological polar surface area (TPSA) is 35.1 Å². The molecule has 5 fully saturated rings. The van der Waals surface area contributed by atoms with E-state index in [-0.39, 0.29) is 22.8 Å². The molecule has 0 N–H and O–H groups in total. The van der Waals surface area contributed by atoms with Gasteiger partial charge in [-0.3, -0.25) is 4.79 Å². The van der Waals surface area contributed by atoms with Crippen LogP contribution in [0.4, 0.5) is 0 Å². The monoisotopic (exact) mass is 664 g/mol. The van der Waals surface area contributed by atoms with Gasteiger partial charge in [-0.05, 0) is 128 Å². The predicted octanol–water partition coefficient (Wildman–Crippen LogP) is 5.94. The number of imidazole rings is 1. The van der Waals surface area contributed by atoms with Crippen LogP contribution < -0.4 is 26.3 Å². The van der Waals surface area contributed by atoms with Gasteiger partial charge in [-0.25, -0.2) is 9.13 Å². The van der Waals surface area contributed by atoms with Crippen molar-refractivity contribution in [2.24, 2.45) is 57.7 Å². The normalized spacial score (nSPS) is 39.1. The fourth-order valence-corrected chi connectivity index (χ4v) is 12.4. The quantitative estimate of drug-likeness (QED) is 0.233. The van der Waals surface area contributed by atoms with Crippen LogP contribution in [-0.2, 0) is 6.54 Å². The molecule has 0 amide bonds. The first-order chi connectivity index (χ1) is 20.6. The summed E-state index contributed by atoms with van der Waals surface area (Å²) in [6.45, 7) is 13.2. The minimum Gasteiger partial charge on any atom is -1.00 e. The highest BCUT2D eigenvalue weighted by atomic mass is 79.9. The van der Waals surface area contributed by atoms with E-state index >= 15 is 0 Å². The fourth-order valence-electron chi connectivity index (χ4n) is 12.4. The van der Waals surface area contributed by atoms with E-state index in [1.165, 1.54) is 70.6 Å². The Hall–Kier alpha value is -1.62. The molecule has 4 nitrogen and oxygen atoms in total. The number of rotatable bonds is 10. The van der Waals surface area contributed by atoms with Gasteiger partial charge in [-0.15, -0.1) is 0 Å². The molecule has 1 spiro atoms. The summed E-state index contributed by atoms with van der Waals surface area (Å²) >= 11 is 0. The Balaban J connectivity index is 0.00000343. The van der Waals surface area contributed by atoms with Gasteiger partial charge in [0, 0.05) is 11.0 Å². The minimum atomic E-state index is 0. The summed E-state index contributed by atoms with van der Waals surface area (Å²) in [5, 5.41) is 0. The van der Waals surface area contributed by atoms with E-state index in [9.17, 15) is 4.79 Å². The second-order valence-corrected chi connectivity index (χ2v) is 16.7. The van der Waals surface area contributed by atoms with E-state index in [4.69, 9.17) is 4.74 Å². The van der Waals surface area contributed by atoms with Crippen LogP contribution in [0.15, 0.2) is 43.0 Å². The van der Waals surface area contributed by atoms with Crippen molar-refractivity contribution in [1.82, 2.24) is 4.57 Å². The standard InChI is InChI=1S/C39H57N2O2.BrH/c1-26(2)8-7-9-27(3)32-14-15-33-31-22-36(39-23-29(39)16-19-38(39,5)34(31)17-18-37(32,33)4)41-21-20-40(25-41)24-35(42)28-10-12-30(43-6)13-11-28;/h10-13,20-21,25-27,29,31-34,36H,7-9,14-19,22-24H2,1-6H3;1H/q+1;/p-1/t27-,29-,31+,32-,33+,34+,36+,37-,38-,39+;/m1./s1. The van der Waals surface area contributed by atoms with Crippen molar-refractivity contribution in [3.05, 3.63) is 48.5 Å². The SMILES string of the molecule is COc1ccc(C(=O)C[n+]2ccn([C@H]3C[C@H]4[C@@H]5CC[C@H]([C@H](C)CCCC(C)C)[C@@]5(C)CC[C@@H]4[C@@]4(C)CC[C@@H]5C[C@]534)c2)cc1.[Br-]. The molecule has 44 heavy (non-hydrogen) atoms. The van der Waals surface area contributed by atoms with Gasteiger partial charge in [-0.1, -0.05) is 53.9 Å². The molecule has 0 saturated heterocycles. The Morgan fingerprint density at radius 2 is 1.80 bits per heavy atom. The molecular formula is C39H57BrN2O2. The number of hydrogen-bond acceptors (Lipinski definition) is 2. The van der Waals surface area contributed by atoms with E-state index in [0.29, 0.717) is 28.8 Å². The van der Waals surface area contributed by atoms with E-state index in [1.54, 1.807) is 7.11 Å². The molecule has 1 aromatic heterocycles. The van der Waals surface area contributed by atoms with Gasteiger partial charge >= 0.3 is 0 Å². The van der Waals surface area contributed by atoms with Gasteiger partial charge in [0.2, 0.25) is 12.1 Å². The number of aromatic nitrogens is 2. The maximum absolute atomic E-state index is 13.2. The van der Waals surface area contributed by atoms with E-state index < -0.39 is 0 Å². The number of carbonyl (C=O) groups excluding carboxylic acids is 1. The van der Waals surface area contributed by atoms with Gasteiger partial charge in [-0.2, -0.15) is 0 Å². The molecule has 0 unspecified atom stereocenters. The van der Waals surface area contributed by atoms with E-state index in [2.05, 4.69) is 62.5 Å². The van der Waals surface area contributed by atoms with Crippen LogP contribution in [0, 0.1) is 57.7 Å². The minimum absolute atomic E-state index is 0. The molecule has 0 bridgehead atoms. The van der Waals surface area contributed by atoms with Crippen LogP contribution in [0.25, 0.3) is 0 Å². The van der Waals surface area contributed by atoms with Crippen LogP contribution in [-0.4, -0.2) is 17.5 Å². The zero-order chi connectivity index (χ0) is 30.1. The molecule has 5 aliphatic carbocycles. The lowest BCUT2D eigenvalue weighted by Gasteiger charge is -2.60. The molecule has 5 heteroatoms. The second-order valence-electron chi connectivity index (χ2n) is 16.7. The summed E-state index contributed by atoms with van der Waals surface area (Å²) in [4.78, 5) is 13.2. The summed E-state index contributed by atoms with van der Waals surface area (Å²) in [6, 6.07) is 8.11. The molecule has 1 aromatic carbocycles. The van der Waals surface area contributed by atoms with Crippen molar-refractivity contribution in [1.29, 1.82) is 0 Å². The summed E-state index contributed by atoms with van der Waals surface area (Å²) in [5.74, 6) is 7.09. The molecule has 0 aliphatic heterocycles. The summed E-state index contributed by atoms with van der Waals surface area (Å²) in [7, 11) is 1.66. The third kappa shape index (κ3) is 4.96. The number of nitrogens with zero attached hydrogens (tertiary/aromatic N) is 2. The number of ketones is 1. The molecule has 5 saturated carbocycles. The highest BCUT2D eigenvalue weighted by Crippen LogP contribution is 2.84. The Morgan fingerprint density at radius 1 is 1.02 bits per heavy atom. The second kappa shape index (κ2) is 11.9. The highest BCUT2D eigenvalue weighted by molar-refractivity contribution is 5.95. The number of Topliss-reactive ketones (excluding diaryl/α,β-unsaturated/α-hetero) is 1. The molecular weight excluding hydrogens is 608 g/mol. The first kappa shape index (κ1) is 32.3. The van der Waals surface area contributed by atoms with Crippen molar-refractivity contribution < 1.29 is 31.1 Å². The van der Waals surface area contributed by atoms with Gasteiger partial charge < -0.3 is 21.7 Å². The lowest BCUT2D eigenvalue weighted by atomic mass is 9.44. The molecule has 1 heterocycles. The number of methoxy groups -OCH3 is 1. The van der Waals surface area contributed by atoms with Gasteiger partial charge in [0.1, 0.15) is 24.2 Å². The maximum Gasteiger partial charge on any atom is 0.244 e. The zero-order valence-corrected chi connectivity index (χ0v) is 29.8. The lowest BCUT2D eigenvalue weighted by molar-refractivity contribution is -0.682. The number of fused-ring (bicyclic) bond motifs is 4. The third-order valence-corrected chi connectivity index (χ3v) is 14.6. The Kier molecular flexibility index (Phi) is 8.72. The molecule has 242 valence electrons. The molecule has 5 aliphatic rings. The number of benzene rings is 1. The molecule has 0 radical (unpaired) electrons. The number of halogens is 1. The van der Waals surface area contributed by atoms with Crippen molar-refractivity contribution in [3.63, 3.8) is 0 Å². The van der Waals surface area contributed by atoms with Crippen LogP contribution in [0.2, 0.25) is 0 Å². The number of carbonyl (C=O) groups is 1. The van der Waals surface area contributed by atoms with E-state index in [0.717, 1.165) is 52.7 Å². The van der Waals surface area contributed by atoms with E-state index in [1.807, 2.05) is 24.3 Å². The third-order valence-electron chi connectivity index (χ3n) is 14.6. The molecule has 10 atom stereocenters. The average molecular weight is 666 g/mol. The largest absolute Gasteiger partial charge is 1.00 e. The van der Waals surface area contributed by atoms with Crippen LogP contribution in [0.3, 0.4) is 0 Å². The molecule has 7 rings (SSSR count). The van der Waals surface area contributed by atoms with Gasteiger partial charge in [0.25, 0.3) is 0 Å². The average Bonchev–Trinajstić information content (AvgIpc) is 3.22. The van der Waals surface area contributed by atoms with Crippen LogP contribution in [0.5, 0.6) is 5.75 Å². The molecule has 2 aromatic rings. The summed E-state index contributed by atoms with van der Waals surface area (Å²) in [5.41, 5.74) is 2.22. The first-order valence-electron chi connectivity index (χ1n) is 17.8.